The molecule has 0 heterocycles. The van der Waals surface area contributed by atoms with Crippen molar-refractivity contribution in [2.45, 2.75) is 46.1 Å². The van der Waals surface area contributed by atoms with Crippen LogP contribution in [0, 0.1) is 18.8 Å². The predicted molar refractivity (Wildman–Crippen MR) is 82.5 cm³/mol. The first-order valence-corrected chi connectivity index (χ1v) is 7.66. The van der Waals surface area contributed by atoms with E-state index in [4.69, 9.17) is 5.73 Å². The molecule has 2 rings (SSSR count). The lowest BCUT2D eigenvalue weighted by molar-refractivity contribution is 0.1000. The smallest absolute Gasteiger partial charge is 0.248 e. The Morgan fingerprint density at radius 2 is 2.20 bits per heavy atom. The van der Waals surface area contributed by atoms with E-state index in [1.54, 1.807) is 0 Å². The van der Waals surface area contributed by atoms with Crippen LogP contribution in [0.4, 0.5) is 0 Å². The van der Waals surface area contributed by atoms with Gasteiger partial charge in [-0.25, -0.2) is 0 Å². The molecule has 1 saturated carbocycles. The number of rotatable bonds is 5. The average Bonchev–Trinajstić information content (AvgIpc) is 2.40. The predicted octanol–water partition coefficient (Wildman–Crippen LogP) is 3.01. The van der Waals surface area contributed by atoms with Crippen LogP contribution in [0.25, 0.3) is 0 Å². The Morgan fingerprint density at radius 1 is 1.40 bits per heavy atom. The fourth-order valence-corrected chi connectivity index (χ4v) is 3.20. The summed E-state index contributed by atoms with van der Waals surface area (Å²) in [5.41, 5.74) is 8.26. The SMILES string of the molecule is Cc1cc(C(N)=O)ccc1CNCC1CCCC(C)C1. The maximum Gasteiger partial charge on any atom is 0.248 e. The number of hydrogen-bond acceptors (Lipinski definition) is 2. The highest BCUT2D eigenvalue weighted by molar-refractivity contribution is 5.93. The summed E-state index contributed by atoms with van der Waals surface area (Å²) in [5.74, 6) is 1.35. The normalized spacial score (nSPS) is 22.7. The van der Waals surface area contributed by atoms with Gasteiger partial charge in [-0.05, 0) is 61.4 Å². The first kappa shape index (κ1) is 15.0. The van der Waals surface area contributed by atoms with Crippen molar-refractivity contribution in [3.8, 4) is 0 Å². The molecule has 0 spiro atoms. The lowest BCUT2D eigenvalue weighted by atomic mass is 9.82. The fourth-order valence-electron chi connectivity index (χ4n) is 3.20. The zero-order valence-electron chi connectivity index (χ0n) is 12.6. The molecule has 3 N–H and O–H groups in total. The Hall–Kier alpha value is -1.35. The topological polar surface area (TPSA) is 55.1 Å². The van der Waals surface area contributed by atoms with Crippen LogP contribution in [0.15, 0.2) is 18.2 Å². The molecule has 1 aliphatic rings. The van der Waals surface area contributed by atoms with Gasteiger partial charge in [0.05, 0.1) is 0 Å². The summed E-state index contributed by atoms with van der Waals surface area (Å²) in [6.45, 7) is 6.36. The molecule has 3 heteroatoms. The van der Waals surface area contributed by atoms with Gasteiger partial charge in [-0.2, -0.15) is 0 Å². The van der Waals surface area contributed by atoms with E-state index in [-0.39, 0.29) is 5.91 Å². The Morgan fingerprint density at radius 3 is 2.85 bits per heavy atom. The Bertz CT molecular complexity index is 470. The second-order valence-electron chi connectivity index (χ2n) is 6.27. The van der Waals surface area contributed by atoms with E-state index in [9.17, 15) is 4.79 Å². The van der Waals surface area contributed by atoms with Crippen molar-refractivity contribution >= 4 is 5.91 Å². The van der Waals surface area contributed by atoms with Gasteiger partial charge in [0.1, 0.15) is 0 Å². The van der Waals surface area contributed by atoms with Gasteiger partial charge in [0.25, 0.3) is 0 Å². The minimum Gasteiger partial charge on any atom is -0.366 e. The van der Waals surface area contributed by atoms with E-state index in [0.29, 0.717) is 5.56 Å². The molecule has 1 fully saturated rings. The number of nitrogens with two attached hydrogens (primary N) is 1. The van der Waals surface area contributed by atoms with E-state index in [1.165, 1.54) is 31.2 Å². The molecular formula is C17H26N2O. The van der Waals surface area contributed by atoms with Crippen molar-refractivity contribution in [3.63, 3.8) is 0 Å². The number of benzene rings is 1. The van der Waals surface area contributed by atoms with Crippen molar-refractivity contribution in [1.29, 1.82) is 0 Å². The highest BCUT2D eigenvalue weighted by Gasteiger charge is 2.18. The second-order valence-corrected chi connectivity index (χ2v) is 6.27. The van der Waals surface area contributed by atoms with Gasteiger partial charge in [0.2, 0.25) is 5.91 Å². The summed E-state index contributed by atoms with van der Waals surface area (Å²) in [6.07, 6.45) is 5.48. The number of nitrogens with one attached hydrogen (secondary N) is 1. The van der Waals surface area contributed by atoms with Gasteiger partial charge < -0.3 is 11.1 Å². The Kier molecular flexibility index (Phi) is 5.18. The Balaban J connectivity index is 1.83. The first-order valence-electron chi connectivity index (χ1n) is 7.66. The molecule has 1 amide bonds. The average molecular weight is 274 g/mol. The van der Waals surface area contributed by atoms with Crippen LogP contribution >= 0.6 is 0 Å². The van der Waals surface area contributed by atoms with Crippen molar-refractivity contribution in [2.75, 3.05) is 6.54 Å². The number of carbonyl (C=O) groups is 1. The monoisotopic (exact) mass is 274 g/mol. The largest absolute Gasteiger partial charge is 0.366 e. The lowest BCUT2D eigenvalue weighted by Gasteiger charge is -2.27. The third kappa shape index (κ3) is 4.07. The van der Waals surface area contributed by atoms with E-state index in [0.717, 1.165) is 30.5 Å². The van der Waals surface area contributed by atoms with E-state index in [2.05, 4.69) is 12.2 Å². The van der Waals surface area contributed by atoms with Gasteiger partial charge in [0, 0.05) is 12.1 Å². The van der Waals surface area contributed by atoms with Crippen LogP contribution in [0.2, 0.25) is 0 Å². The van der Waals surface area contributed by atoms with E-state index < -0.39 is 0 Å². The van der Waals surface area contributed by atoms with Gasteiger partial charge in [0.15, 0.2) is 0 Å². The number of carbonyl (C=O) groups excluding carboxylic acids is 1. The van der Waals surface area contributed by atoms with Crippen LogP contribution in [-0.4, -0.2) is 12.5 Å². The molecule has 2 atom stereocenters. The molecule has 1 aromatic rings. The van der Waals surface area contributed by atoms with Crippen molar-refractivity contribution in [1.82, 2.24) is 5.32 Å². The van der Waals surface area contributed by atoms with Crippen LogP contribution in [-0.2, 0) is 6.54 Å². The molecule has 0 radical (unpaired) electrons. The van der Waals surface area contributed by atoms with E-state index in [1.807, 2.05) is 25.1 Å². The standard InChI is InChI=1S/C17H26N2O/c1-12-4-3-5-14(8-12)10-19-11-16-7-6-15(17(18)20)9-13(16)2/h6-7,9,12,14,19H,3-5,8,10-11H2,1-2H3,(H2,18,20). The molecule has 0 aromatic heterocycles. The molecule has 1 aliphatic carbocycles. The molecule has 3 nitrogen and oxygen atoms in total. The minimum absolute atomic E-state index is 0.358. The highest BCUT2D eigenvalue weighted by atomic mass is 16.1. The summed E-state index contributed by atoms with van der Waals surface area (Å²) in [4.78, 5) is 11.1. The minimum atomic E-state index is -0.358. The zero-order valence-corrected chi connectivity index (χ0v) is 12.6. The van der Waals surface area contributed by atoms with Crippen LogP contribution in [0.5, 0.6) is 0 Å². The summed E-state index contributed by atoms with van der Waals surface area (Å²) in [6, 6.07) is 5.70. The molecule has 20 heavy (non-hydrogen) atoms. The third-order valence-corrected chi connectivity index (χ3v) is 4.42. The number of hydrogen-bond donors (Lipinski definition) is 2. The highest BCUT2D eigenvalue weighted by Crippen LogP contribution is 2.28. The molecular weight excluding hydrogens is 248 g/mol. The molecule has 0 saturated heterocycles. The summed E-state index contributed by atoms with van der Waals surface area (Å²) in [7, 11) is 0. The third-order valence-electron chi connectivity index (χ3n) is 4.42. The quantitative estimate of drug-likeness (QED) is 0.867. The van der Waals surface area contributed by atoms with Crippen molar-refractivity contribution in [3.05, 3.63) is 34.9 Å². The van der Waals surface area contributed by atoms with Gasteiger partial charge >= 0.3 is 0 Å². The van der Waals surface area contributed by atoms with E-state index >= 15 is 0 Å². The molecule has 110 valence electrons. The summed E-state index contributed by atoms with van der Waals surface area (Å²) in [5, 5.41) is 3.57. The van der Waals surface area contributed by atoms with Crippen molar-refractivity contribution in [2.24, 2.45) is 17.6 Å². The maximum atomic E-state index is 11.1. The van der Waals surface area contributed by atoms with Gasteiger partial charge in [-0.1, -0.05) is 25.8 Å². The van der Waals surface area contributed by atoms with Gasteiger partial charge in [-0.3, -0.25) is 4.79 Å². The second kappa shape index (κ2) is 6.89. The van der Waals surface area contributed by atoms with Crippen LogP contribution in [0.1, 0.15) is 54.1 Å². The number of amides is 1. The lowest BCUT2D eigenvalue weighted by Crippen LogP contribution is -2.26. The number of aryl methyl sites for hydroxylation is 1. The fraction of sp³-hybridized carbons (Fsp3) is 0.588. The van der Waals surface area contributed by atoms with Crippen LogP contribution in [0.3, 0.4) is 0 Å². The maximum absolute atomic E-state index is 11.1. The van der Waals surface area contributed by atoms with Gasteiger partial charge in [-0.15, -0.1) is 0 Å². The molecule has 1 aromatic carbocycles. The molecule has 0 aliphatic heterocycles. The molecule has 2 unspecified atom stereocenters. The Labute approximate surface area is 121 Å². The van der Waals surface area contributed by atoms with Crippen molar-refractivity contribution < 1.29 is 4.79 Å². The first-order chi connectivity index (χ1) is 9.56. The molecule has 0 bridgehead atoms. The zero-order chi connectivity index (χ0) is 14.5. The summed E-state index contributed by atoms with van der Waals surface area (Å²) >= 11 is 0. The van der Waals surface area contributed by atoms with Crippen LogP contribution < -0.4 is 11.1 Å². The number of primary amides is 1. The summed E-state index contributed by atoms with van der Waals surface area (Å²) < 4.78 is 0.